The third kappa shape index (κ3) is 3.29. The molecule has 2 rings (SSSR count). The van der Waals surface area contributed by atoms with Crippen LogP contribution in [0.2, 0.25) is 5.02 Å². The first-order valence-electron chi connectivity index (χ1n) is 6.05. The highest BCUT2D eigenvalue weighted by molar-refractivity contribution is 6.33. The smallest absolute Gasteiger partial charge is 0.258 e. The summed E-state index contributed by atoms with van der Waals surface area (Å²) in [5, 5.41) is 3.15. The van der Waals surface area contributed by atoms with Crippen molar-refractivity contribution < 1.29 is 9.53 Å². The number of carbonyl (C=O) groups is 1. The zero-order chi connectivity index (χ0) is 14.5. The van der Waals surface area contributed by atoms with Gasteiger partial charge in [0.25, 0.3) is 5.91 Å². The normalized spacial score (nSPS) is 11.9. The van der Waals surface area contributed by atoms with Crippen LogP contribution in [0.25, 0.3) is 0 Å². The lowest BCUT2D eigenvalue weighted by Gasteiger charge is -2.16. The third-order valence-electron chi connectivity index (χ3n) is 2.82. The summed E-state index contributed by atoms with van der Waals surface area (Å²) in [6.07, 6.45) is -0.700. The van der Waals surface area contributed by atoms with Gasteiger partial charge in [-0.25, -0.2) is 0 Å². The van der Waals surface area contributed by atoms with Crippen LogP contribution < -0.4 is 11.1 Å². The molecule has 2 aromatic rings. The summed E-state index contributed by atoms with van der Waals surface area (Å²) in [4.78, 5) is 12.3. The van der Waals surface area contributed by atoms with Crippen LogP contribution in [0.5, 0.6) is 0 Å². The number of rotatable bonds is 4. The summed E-state index contributed by atoms with van der Waals surface area (Å²) < 4.78 is 5.25. The molecule has 2 aromatic carbocycles. The van der Waals surface area contributed by atoms with Crippen molar-refractivity contribution in [3.8, 4) is 0 Å². The summed E-state index contributed by atoms with van der Waals surface area (Å²) in [6.45, 7) is 0. The van der Waals surface area contributed by atoms with Gasteiger partial charge in [-0.15, -0.1) is 0 Å². The topological polar surface area (TPSA) is 64.3 Å². The molecule has 0 bridgehead atoms. The minimum Gasteiger partial charge on any atom is -0.399 e. The van der Waals surface area contributed by atoms with Crippen molar-refractivity contribution in [1.82, 2.24) is 0 Å². The Morgan fingerprint density at radius 1 is 1.25 bits per heavy atom. The van der Waals surface area contributed by atoms with Crippen LogP contribution in [0.3, 0.4) is 0 Å². The molecule has 1 unspecified atom stereocenters. The lowest BCUT2D eigenvalue weighted by molar-refractivity contribution is -0.126. The third-order valence-corrected chi connectivity index (χ3v) is 3.15. The van der Waals surface area contributed by atoms with E-state index >= 15 is 0 Å². The van der Waals surface area contributed by atoms with Gasteiger partial charge in [0.1, 0.15) is 0 Å². The maximum Gasteiger partial charge on any atom is 0.258 e. The van der Waals surface area contributed by atoms with Gasteiger partial charge >= 0.3 is 0 Å². The average molecular weight is 291 g/mol. The number of methoxy groups -OCH3 is 1. The number of anilines is 2. The molecule has 1 amide bonds. The van der Waals surface area contributed by atoms with Crippen molar-refractivity contribution in [3.05, 3.63) is 59.1 Å². The molecule has 0 saturated carbocycles. The predicted octanol–water partition coefficient (Wildman–Crippen LogP) is 3.25. The highest BCUT2D eigenvalue weighted by atomic mass is 35.5. The van der Waals surface area contributed by atoms with Crippen molar-refractivity contribution in [1.29, 1.82) is 0 Å². The van der Waals surface area contributed by atoms with Gasteiger partial charge in [-0.05, 0) is 23.8 Å². The fourth-order valence-corrected chi connectivity index (χ4v) is 2.02. The summed E-state index contributed by atoms with van der Waals surface area (Å²) in [5.74, 6) is -0.300. The van der Waals surface area contributed by atoms with Crippen LogP contribution in [0, 0.1) is 0 Å². The van der Waals surface area contributed by atoms with Gasteiger partial charge in [-0.3, -0.25) is 4.79 Å². The number of nitrogen functional groups attached to an aromatic ring is 1. The number of ether oxygens (including phenoxy) is 1. The summed E-state index contributed by atoms with van der Waals surface area (Å²) in [6, 6.07) is 14.1. The number of benzene rings is 2. The highest BCUT2D eigenvalue weighted by Gasteiger charge is 2.20. The van der Waals surface area contributed by atoms with Crippen LogP contribution in [-0.4, -0.2) is 13.0 Å². The van der Waals surface area contributed by atoms with Crippen LogP contribution in [-0.2, 0) is 9.53 Å². The Morgan fingerprint density at radius 3 is 2.60 bits per heavy atom. The number of nitrogens with two attached hydrogens (primary N) is 1. The van der Waals surface area contributed by atoms with Gasteiger partial charge in [-0.2, -0.15) is 0 Å². The molecule has 0 aliphatic rings. The first-order chi connectivity index (χ1) is 9.61. The van der Waals surface area contributed by atoms with E-state index in [1.807, 2.05) is 30.3 Å². The van der Waals surface area contributed by atoms with E-state index in [1.54, 1.807) is 18.2 Å². The molecule has 4 nitrogen and oxygen atoms in total. The van der Waals surface area contributed by atoms with Gasteiger partial charge in [-0.1, -0.05) is 41.9 Å². The van der Waals surface area contributed by atoms with E-state index in [-0.39, 0.29) is 5.91 Å². The van der Waals surface area contributed by atoms with E-state index in [0.717, 1.165) is 5.56 Å². The van der Waals surface area contributed by atoms with Crippen molar-refractivity contribution in [3.63, 3.8) is 0 Å². The Bertz CT molecular complexity index is 602. The first-order valence-corrected chi connectivity index (χ1v) is 6.43. The van der Waals surface area contributed by atoms with Crippen molar-refractivity contribution in [2.75, 3.05) is 18.2 Å². The zero-order valence-electron chi connectivity index (χ0n) is 11.0. The van der Waals surface area contributed by atoms with E-state index in [1.165, 1.54) is 7.11 Å². The molecule has 0 heterocycles. The maximum absolute atomic E-state index is 12.3. The molecular formula is C15H15ClN2O2. The van der Waals surface area contributed by atoms with Gasteiger partial charge < -0.3 is 15.8 Å². The molecule has 0 aliphatic heterocycles. The van der Waals surface area contributed by atoms with Crippen LogP contribution in [0.15, 0.2) is 48.5 Å². The molecule has 20 heavy (non-hydrogen) atoms. The van der Waals surface area contributed by atoms with Gasteiger partial charge in [0.05, 0.1) is 10.7 Å². The summed E-state index contributed by atoms with van der Waals surface area (Å²) in [5.41, 5.74) is 7.45. The van der Waals surface area contributed by atoms with Gasteiger partial charge in [0.15, 0.2) is 6.10 Å². The Kier molecular flexibility index (Phi) is 4.61. The minimum atomic E-state index is -0.700. The largest absolute Gasteiger partial charge is 0.399 e. The first kappa shape index (κ1) is 14.4. The van der Waals surface area contributed by atoms with E-state index in [2.05, 4.69) is 5.32 Å². The Morgan fingerprint density at radius 2 is 1.95 bits per heavy atom. The molecule has 0 spiro atoms. The highest BCUT2D eigenvalue weighted by Crippen LogP contribution is 2.26. The molecule has 0 fully saturated rings. The van der Waals surface area contributed by atoms with Crippen LogP contribution in [0.1, 0.15) is 11.7 Å². The molecule has 3 N–H and O–H groups in total. The SMILES string of the molecule is COC(C(=O)Nc1cc(N)ccc1Cl)c1ccccc1. The zero-order valence-corrected chi connectivity index (χ0v) is 11.7. The quantitative estimate of drug-likeness (QED) is 0.850. The van der Waals surface area contributed by atoms with E-state index in [4.69, 9.17) is 22.1 Å². The monoisotopic (exact) mass is 290 g/mol. The average Bonchev–Trinajstić information content (AvgIpc) is 2.45. The van der Waals surface area contributed by atoms with Crippen molar-refractivity contribution in [2.24, 2.45) is 0 Å². The molecule has 0 aromatic heterocycles. The van der Waals surface area contributed by atoms with E-state index < -0.39 is 6.10 Å². The number of carbonyl (C=O) groups excluding carboxylic acids is 1. The second-order valence-corrected chi connectivity index (χ2v) is 4.66. The molecule has 0 aliphatic carbocycles. The van der Waals surface area contributed by atoms with Crippen molar-refractivity contribution in [2.45, 2.75) is 6.10 Å². The lowest BCUT2D eigenvalue weighted by atomic mass is 10.1. The summed E-state index contributed by atoms with van der Waals surface area (Å²) >= 11 is 6.02. The molecule has 104 valence electrons. The fraction of sp³-hybridized carbons (Fsp3) is 0.133. The summed E-state index contributed by atoms with van der Waals surface area (Å²) in [7, 11) is 1.48. The van der Waals surface area contributed by atoms with E-state index in [0.29, 0.717) is 16.4 Å². The van der Waals surface area contributed by atoms with E-state index in [9.17, 15) is 4.79 Å². The Hall–Kier alpha value is -2.04. The van der Waals surface area contributed by atoms with Crippen LogP contribution >= 0.6 is 11.6 Å². The molecular weight excluding hydrogens is 276 g/mol. The fourth-order valence-electron chi connectivity index (χ4n) is 1.86. The number of hydrogen-bond acceptors (Lipinski definition) is 3. The number of amides is 1. The number of hydrogen-bond donors (Lipinski definition) is 2. The molecule has 1 atom stereocenters. The minimum absolute atomic E-state index is 0.300. The lowest BCUT2D eigenvalue weighted by Crippen LogP contribution is -2.22. The van der Waals surface area contributed by atoms with Crippen LogP contribution in [0.4, 0.5) is 11.4 Å². The second-order valence-electron chi connectivity index (χ2n) is 4.25. The number of halogens is 1. The van der Waals surface area contributed by atoms with Gasteiger partial charge in [0.2, 0.25) is 0 Å². The maximum atomic E-state index is 12.3. The Balaban J connectivity index is 2.20. The standard InChI is InChI=1S/C15H15ClN2O2/c1-20-14(10-5-3-2-4-6-10)15(19)18-13-9-11(17)7-8-12(13)16/h2-9,14H,17H2,1H3,(H,18,19). The van der Waals surface area contributed by atoms with Crippen molar-refractivity contribution >= 4 is 28.9 Å². The molecule has 0 saturated heterocycles. The molecule has 0 radical (unpaired) electrons. The molecule has 5 heteroatoms. The second kappa shape index (κ2) is 6.41. The van der Waals surface area contributed by atoms with Gasteiger partial charge in [0, 0.05) is 12.8 Å². The predicted molar refractivity (Wildman–Crippen MR) is 80.7 cm³/mol. The Labute approximate surface area is 122 Å². The number of nitrogens with one attached hydrogen (secondary N) is 1.